The number of carbonyl (C=O) groups is 2. The van der Waals surface area contributed by atoms with Gasteiger partial charge in [-0.25, -0.2) is 0 Å². The largest absolute Gasteiger partial charge is 0.507 e. The van der Waals surface area contributed by atoms with E-state index in [0.29, 0.717) is 35.4 Å². The number of pyridine rings is 1. The molecule has 0 bridgehead atoms. The molecule has 42 heavy (non-hydrogen) atoms. The Bertz CT molecular complexity index is 1880. The van der Waals surface area contributed by atoms with Crippen LogP contribution in [-0.4, -0.2) is 26.4 Å². The minimum absolute atomic E-state index is 0.0116. The molecule has 1 aromatic heterocycles. The topological polar surface area (TPSA) is 88.8 Å². The maximum atomic E-state index is 14.2. The minimum Gasteiger partial charge on any atom is -0.507 e. The van der Waals surface area contributed by atoms with Gasteiger partial charge in [-0.1, -0.05) is 80.6 Å². The molecule has 0 spiro atoms. The van der Waals surface area contributed by atoms with Crippen LogP contribution < -0.4 is 10.3 Å². The van der Waals surface area contributed by atoms with Crippen LogP contribution in [0.4, 0.5) is 0 Å². The monoisotopic (exact) mass is 558 g/mol. The van der Waals surface area contributed by atoms with Gasteiger partial charge >= 0.3 is 0 Å². The molecular formula is C35H30N2O5. The van der Waals surface area contributed by atoms with Gasteiger partial charge in [-0.15, -0.1) is 0 Å². The van der Waals surface area contributed by atoms with Crippen LogP contribution in [0.15, 0.2) is 102 Å². The SMILES string of the molecule is CC(C)Cn1c(CN2C(=O)c3cccc(O)c3C2=O)c(-c2ccccc2)c2ccc(OCc3ccccc3)cc2c1=O. The van der Waals surface area contributed by atoms with Crippen LogP contribution in [-0.2, 0) is 19.7 Å². The number of carbonyl (C=O) groups excluding carboxylic acids is 2. The zero-order valence-corrected chi connectivity index (χ0v) is 23.4. The molecule has 1 aliphatic heterocycles. The average molecular weight is 559 g/mol. The summed E-state index contributed by atoms with van der Waals surface area (Å²) in [5.41, 5.74) is 3.11. The highest BCUT2D eigenvalue weighted by molar-refractivity contribution is 6.22. The number of hydrogen-bond acceptors (Lipinski definition) is 5. The van der Waals surface area contributed by atoms with Gasteiger partial charge in [0.2, 0.25) is 0 Å². The predicted molar refractivity (Wildman–Crippen MR) is 162 cm³/mol. The molecular weight excluding hydrogens is 528 g/mol. The van der Waals surface area contributed by atoms with Crippen molar-refractivity contribution in [3.05, 3.63) is 130 Å². The molecule has 6 rings (SSSR count). The van der Waals surface area contributed by atoms with Gasteiger partial charge in [-0.05, 0) is 52.8 Å². The van der Waals surface area contributed by atoms with Gasteiger partial charge in [-0.2, -0.15) is 0 Å². The highest BCUT2D eigenvalue weighted by Crippen LogP contribution is 2.36. The number of phenolic OH excluding ortho intramolecular Hbond substituents is 1. The van der Waals surface area contributed by atoms with Gasteiger partial charge in [0.1, 0.15) is 18.1 Å². The molecule has 7 heteroatoms. The summed E-state index contributed by atoms with van der Waals surface area (Å²) in [7, 11) is 0. The second-order valence-electron chi connectivity index (χ2n) is 10.9. The fraction of sp³-hybridized carbons (Fsp3) is 0.171. The quantitative estimate of drug-likeness (QED) is 0.223. The summed E-state index contributed by atoms with van der Waals surface area (Å²) < 4.78 is 7.75. The van der Waals surface area contributed by atoms with E-state index in [-0.39, 0.29) is 34.9 Å². The highest BCUT2D eigenvalue weighted by Gasteiger charge is 2.38. The van der Waals surface area contributed by atoms with Crippen molar-refractivity contribution in [1.82, 2.24) is 9.47 Å². The third-order valence-electron chi connectivity index (χ3n) is 7.49. The summed E-state index contributed by atoms with van der Waals surface area (Å²) in [6, 6.07) is 29.4. The summed E-state index contributed by atoms with van der Waals surface area (Å²) in [6.45, 7) is 4.65. The van der Waals surface area contributed by atoms with Crippen molar-refractivity contribution >= 4 is 22.6 Å². The van der Waals surface area contributed by atoms with Gasteiger partial charge < -0.3 is 14.4 Å². The van der Waals surface area contributed by atoms with Crippen LogP contribution in [0.3, 0.4) is 0 Å². The van der Waals surface area contributed by atoms with Crippen molar-refractivity contribution in [2.24, 2.45) is 5.92 Å². The van der Waals surface area contributed by atoms with Crippen molar-refractivity contribution in [3.63, 3.8) is 0 Å². The molecule has 1 aliphatic rings. The van der Waals surface area contributed by atoms with Gasteiger partial charge in [0.25, 0.3) is 17.4 Å². The van der Waals surface area contributed by atoms with Crippen molar-refractivity contribution in [3.8, 4) is 22.6 Å². The fourth-order valence-electron chi connectivity index (χ4n) is 5.57. The van der Waals surface area contributed by atoms with Crippen molar-refractivity contribution in [1.29, 1.82) is 0 Å². The molecule has 0 radical (unpaired) electrons. The fourth-order valence-corrected chi connectivity index (χ4v) is 5.57. The van der Waals surface area contributed by atoms with Crippen LogP contribution >= 0.6 is 0 Å². The lowest BCUT2D eigenvalue weighted by atomic mass is 9.95. The van der Waals surface area contributed by atoms with Crippen LogP contribution in [0.25, 0.3) is 21.9 Å². The summed E-state index contributed by atoms with van der Waals surface area (Å²) >= 11 is 0. The number of aromatic nitrogens is 1. The maximum Gasteiger partial charge on any atom is 0.265 e. The summed E-state index contributed by atoms with van der Waals surface area (Å²) in [5.74, 6) is -0.648. The molecule has 0 saturated carbocycles. The highest BCUT2D eigenvalue weighted by atomic mass is 16.5. The van der Waals surface area contributed by atoms with Gasteiger partial charge in [0.15, 0.2) is 0 Å². The molecule has 4 aromatic carbocycles. The first-order valence-corrected chi connectivity index (χ1v) is 13.9. The number of nitrogens with zero attached hydrogens (tertiary/aromatic N) is 2. The molecule has 0 saturated heterocycles. The molecule has 0 fully saturated rings. The number of rotatable bonds is 8. The standard InChI is InChI=1S/C35H30N2O5/c1-22(2)19-36-29(20-37-33(39)27-14-9-15-30(38)32(27)35(37)41)31(24-12-7-4-8-13-24)26-17-16-25(18-28(26)34(36)40)42-21-23-10-5-3-6-11-23/h3-18,22,38H,19-21H2,1-2H3. The third-order valence-corrected chi connectivity index (χ3v) is 7.49. The molecule has 5 aromatic rings. The minimum atomic E-state index is -0.583. The lowest BCUT2D eigenvalue weighted by Gasteiger charge is -2.24. The van der Waals surface area contributed by atoms with E-state index >= 15 is 0 Å². The van der Waals surface area contributed by atoms with Crippen LogP contribution in [0.1, 0.15) is 45.8 Å². The van der Waals surface area contributed by atoms with Crippen LogP contribution in [0.2, 0.25) is 0 Å². The first kappa shape index (κ1) is 27.0. The Morgan fingerprint density at radius 3 is 2.17 bits per heavy atom. The van der Waals surface area contributed by atoms with E-state index < -0.39 is 11.8 Å². The van der Waals surface area contributed by atoms with E-state index in [0.717, 1.165) is 21.6 Å². The van der Waals surface area contributed by atoms with E-state index in [4.69, 9.17) is 4.74 Å². The Hall–Kier alpha value is -5.17. The number of benzene rings is 4. The summed E-state index contributed by atoms with van der Waals surface area (Å²) in [6.07, 6.45) is 0. The molecule has 0 atom stereocenters. The number of hydrogen-bond donors (Lipinski definition) is 1. The Balaban J connectivity index is 1.52. The van der Waals surface area contributed by atoms with Crippen molar-refractivity contribution in [2.75, 3.05) is 0 Å². The lowest BCUT2D eigenvalue weighted by molar-refractivity contribution is 0.0638. The second-order valence-corrected chi connectivity index (χ2v) is 10.9. The number of ether oxygens (including phenoxy) is 1. The van der Waals surface area contributed by atoms with Gasteiger partial charge in [0, 0.05) is 17.8 Å². The van der Waals surface area contributed by atoms with E-state index in [1.165, 1.54) is 12.1 Å². The van der Waals surface area contributed by atoms with E-state index in [9.17, 15) is 19.5 Å². The number of imide groups is 1. The third kappa shape index (κ3) is 4.83. The van der Waals surface area contributed by atoms with E-state index in [2.05, 4.69) is 0 Å². The first-order valence-electron chi connectivity index (χ1n) is 13.9. The van der Waals surface area contributed by atoms with Gasteiger partial charge in [-0.3, -0.25) is 19.3 Å². The number of fused-ring (bicyclic) bond motifs is 2. The average Bonchev–Trinajstić information content (AvgIpc) is 3.24. The molecule has 2 amide bonds. The van der Waals surface area contributed by atoms with E-state index in [1.54, 1.807) is 16.7 Å². The Kier molecular flexibility index (Phi) is 7.08. The van der Waals surface area contributed by atoms with Crippen molar-refractivity contribution < 1.29 is 19.4 Å². The maximum absolute atomic E-state index is 14.2. The van der Waals surface area contributed by atoms with Crippen LogP contribution in [0.5, 0.6) is 11.5 Å². The zero-order chi connectivity index (χ0) is 29.4. The summed E-state index contributed by atoms with van der Waals surface area (Å²) in [5, 5.41) is 11.6. The smallest absolute Gasteiger partial charge is 0.265 e. The number of amides is 2. The molecule has 1 N–H and O–H groups in total. The Labute approximate surface area is 243 Å². The second kappa shape index (κ2) is 11.0. The van der Waals surface area contributed by atoms with Gasteiger partial charge in [0.05, 0.1) is 23.1 Å². The first-order chi connectivity index (χ1) is 20.3. The molecule has 0 aliphatic carbocycles. The zero-order valence-electron chi connectivity index (χ0n) is 23.4. The molecule has 210 valence electrons. The Morgan fingerprint density at radius 2 is 1.48 bits per heavy atom. The number of aromatic hydroxyl groups is 1. The molecule has 0 unspecified atom stereocenters. The number of phenols is 1. The molecule has 2 heterocycles. The lowest BCUT2D eigenvalue weighted by Crippen LogP contribution is -2.34. The van der Waals surface area contributed by atoms with Crippen LogP contribution in [0, 0.1) is 5.92 Å². The van der Waals surface area contributed by atoms with Crippen molar-refractivity contribution in [2.45, 2.75) is 33.5 Å². The Morgan fingerprint density at radius 1 is 0.762 bits per heavy atom. The van der Waals surface area contributed by atoms with E-state index in [1.807, 2.05) is 86.6 Å². The normalized spacial score (nSPS) is 12.8. The molecule has 7 nitrogen and oxygen atoms in total. The summed E-state index contributed by atoms with van der Waals surface area (Å²) in [4.78, 5) is 42.2. The predicted octanol–water partition coefficient (Wildman–Crippen LogP) is 6.41.